The summed E-state index contributed by atoms with van der Waals surface area (Å²) in [5.41, 5.74) is 12.3. The number of allylic oxidation sites excluding steroid dienone is 4. The van der Waals surface area contributed by atoms with Crippen LogP contribution in [0.2, 0.25) is 0 Å². The molecule has 6 rings (SSSR count). The van der Waals surface area contributed by atoms with Crippen molar-refractivity contribution in [3.8, 4) is 0 Å². The van der Waals surface area contributed by atoms with E-state index in [0.717, 1.165) is 55.1 Å². The molecule has 4 aromatic carbocycles. The second-order valence-corrected chi connectivity index (χ2v) is 14.0. The van der Waals surface area contributed by atoms with Crippen LogP contribution in [0.3, 0.4) is 0 Å². The molecule has 4 aromatic rings. The molecule has 0 unspecified atom stereocenters. The van der Waals surface area contributed by atoms with Crippen molar-refractivity contribution >= 4 is 11.4 Å². The number of anilines is 2. The van der Waals surface area contributed by atoms with Gasteiger partial charge in [0.25, 0.3) is 0 Å². The van der Waals surface area contributed by atoms with Crippen LogP contribution >= 0.6 is 0 Å². The summed E-state index contributed by atoms with van der Waals surface area (Å²) in [5, 5.41) is 0. The Balaban J connectivity index is 1.03. The third kappa shape index (κ3) is 8.14. The molecule has 256 valence electrons. The van der Waals surface area contributed by atoms with Crippen LogP contribution in [-0.4, -0.2) is 26.6 Å². The molecule has 50 heavy (non-hydrogen) atoms. The van der Waals surface area contributed by atoms with Crippen molar-refractivity contribution in [3.05, 3.63) is 191 Å². The Morgan fingerprint density at radius 2 is 1.14 bits per heavy atom. The zero-order valence-corrected chi connectivity index (χ0v) is 30.1. The van der Waals surface area contributed by atoms with E-state index in [1.54, 1.807) is 6.08 Å². The summed E-state index contributed by atoms with van der Waals surface area (Å²) < 4.78 is 11.9. The van der Waals surface area contributed by atoms with Gasteiger partial charge in [0.05, 0.1) is 0 Å². The molecule has 0 aliphatic carbocycles. The van der Waals surface area contributed by atoms with E-state index in [0.29, 0.717) is 13.5 Å². The average Bonchev–Trinajstić information content (AvgIpc) is 3.13. The van der Waals surface area contributed by atoms with E-state index in [9.17, 15) is 0 Å². The molecular weight excluding hydrogens is 613 g/mol. The van der Waals surface area contributed by atoms with Crippen molar-refractivity contribution in [2.75, 3.05) is 36.4 Å². The largest absolute Gasteiger partial charge is 0.473 e. The van der Waals surface area contributed by atoms with E-state index in [-0.39, 0.29) is 5.41 Å². The van der Waals surface area contributed by atoms with Crippen molar-refractivity contribution in [2.24, 2.45) is 0 Å². The molecule has 2 heterocycles. The van der Waals surface area contributed by atoms with Crippen LogP contribution in [0.5, 0.6) is 0 Å². The van der Waals surface area contributed by atoms with Gasteiger partial charge in [0.1, 0.15) is 11.5 Å². The quantitative estimate of drug-likeness (QED) is 0.160. The Bertz CT molecular complexity index is 1880. The van der Waals surface area contributed by atoms with Crippen molar-refractivity contribution in [2.45, 2.75) is 52.4 Å². The zero-order valence-electron chi connectivity index (χ0n) is 30.1. The normalized spacial score (nSPS) is 16.2. The van der Waals surface area contributed by atoms with E-state index in [4.69, 9.17) is 9.47 Å². The van der Waals surface area contributed by atoms with Crippen LogP contribution < -0.4 is 9.80 Å². The first-order valence-corrected chi connectivity index (χ1v) is 17.7. The number of benzene rings is 4. The summed E-state index contributed by atoms with van der Waals surface area (Å²) in [5.74, 6) is 1.83. The fourth-order valence-corrected chi connectivity index (χ4v) is 6.67. The van der Waals surface area contributed by atoms with Crippen molar-refractivity contribution in [1.82, 2.24) is 0 Å². The van der Waals surface area contributed by atoms with E-state index in [1.807, 2.05) is 6.08 Å². The molecule has 2 aliphatic heterocycles. The van der Waals surface area contributed by atoms with Gasteiger partial charge in [0, 0.05) is 35.5 Å². The predicted molar refractivity (Wildman–Crippen MR) is 210 cm³/mol. The second-order valence-electron chi connectivity index (χ2n) is 14.0. The minimum atomic E-state index is -0.100. The molecule has 1 fully saturated rings. The van der Waals surface area contributed by atoms with Crippen LogP contribution in [0.1, 0.15) is 67.5 Å². The summed E-state index contributed by atoms with van der Waals surface area (Å²) >= 11 is 0. The Labute approximate surface area is 299 Å². The number of rotatable bonds is 11. The SMILES string of the molecule is C=C/C=C1/OCN(c2ccc(Cc3ccc(C(C)(C)c4ccc(Cc5ccc(N6COC(/C=C\CC)=C(C)C6)cc5)cc4)cc3)cc2)CC1=C. The van der Waals surface area contributed by atoms with Crippen molar-refractivity contribution < 1.29 is 9.47 Å². The monoisotopic (exact) mass is 662 g/mol. The fourth-order valence-electron chi connectivity index (χ4n) is 6.67. The highest BCUT2D eigenvalue weighted by Crippen LogP contribution is 2.33. The minimum Gasteiger partial charge on any atom is -0.473 e. The van der Waals surface area contributed by atoms with E-state index in [2.05, 4.69) is 160 Å². The molecule has 0 saturated carbocycles. The molecule has 0 amide bonds. The van der Waals surface area contributed by atoms with Gasteiger partial charge in [-0.3, -0.25) is 0 Å². The smallest absolute Gasteiger partial charge is 0.161 e. The van der Waals surface area contributed by atoms with Crippen LogP contribution in [0.25, 0.3) is 0 Å². The number of hydrogen-bond acceptors (Lipinski definition) is 4. The van der Waals surface area contributed by atoms with Gasteiger partial charge in [0.15, 0.2) is 13.5 Å². The molecule has 0 bridgehead atoms. The lowest BCUT2D eigenvalue weighted by Gasteiger charge is -2.32. The number of hydrogen-bond donors (Lipinski definition) is 0. The van der Waals surface area contributed by atoms with E-state index < -0.39 is 0 Å². The standard InChI is InChI=1S/C46H50N2O2/c1-7-9-11-45-35(4)31-48(33-50-45)43-26-18-39(19-27-43)29-37-14-22-41(23-15-37)46(5,6)40-20-12-36(13-21-40)28-38-16-24-42(25-17-38)47-30-34(3)44(10-8-2)49-32-47/h8-27H,2-3,7,28-33H2,1,4-6H3/b11-9-,44-10+. The maximum absolute atomic E-state index is 6.03. The summed E-state index contributed by atoms with van der Waals surface area (Å²) in [4.78, 5) is 4.48. The molecule has 0 N–H and O–H groups in total. The van der Waals surface area contributed by atoms with Crippen LogP contribution in [0.4, 0.5) is 11.4 Å². The van der Waals surface area contributed by atoms with Gasteiger partial charge in [-0.1, -0.05) is 119 Å². The highest BCUT2D eigenvalue weighted by molar-refractivity contribution is 5.52. The predicted octanol–water partition coefficient (Wildman–Crippen LogP) is 10.6. The minimum absolute atomic E-state index is 0.100. The van der Waals surface area contributed by atoms with Gasteiger partial charge in [-0.15, -0.1) is 0 Å². The first kappa shape index (κ1) is 34.6. The van der Waals surface area contributed by atoms with Gasteiger partial charge in [-0.25, -0.2) is 0 Å². The summed E-state index contributed by atoms with van der Waals surface area (Å²) in [6.45, 7) is 19.6. The Hall–Kier alpha value is -5.22. The number of ether oxygens (including phenoxy) is 2. The lowest BCUT2D eigenvalue weighted by atomic mass is 9.77. The van der Waals surface area contributed by atoms with Gasteiger partial charge in [0.2, 0.25) is 0 Å². The highest BCUT2D eigenvalue weighted by atomic mass is 16.5. The third-order valence-electron chi connectivity index (χ3n) is 9.88. The molecule has 4 heteroatoms. The van der Waals surface area contributed by atoms with Crippen molar-refractivity contribution in [3.63, 3.8) is 0 Å². The molecular formula is C46H50N2O2. The first-order valence-electron chi connectivity index (χ1n) is 17.7. The van der Waals surface area contributed by atoms with Gasteiger partial charge < -0.3 is 19.3 Å². The summed E-state index contributed by atoms with van der Waals surface area (Å²) in [7, 11) is 0. The van der Waals surface area contributed by atoms with Crippen molar-refractivity contribution in [1.29, 1.82) is 0 Å². The molecule has 0 radical (unpaired) electrons. The van der Waals surface area contributed by atoms with Gasteiger partial charge in [-0.2, -0.15) is 0 Å². The van der Waals surface area contributed by atoms with Crippen LogP contribution in [-0.2, 0) is 27.7 Å². The molecule has 0 aromatic heterocycles. The Morgan fingerprint density at radius 1 is 0.680 bits per heavy atom. The van der Waals surface area contributed by atoms with Gasteiger partial charge in [-0.05, 0) is 102 Å². The molecule has 1 saturated heterocycles. The average molecular weight is 663 g/mol. The van der Waals surface area contributed by atoms with E-state index in [1.165, 1.54) is 44.6 Å². The lowest BCUT2D eigenvalue weighted by molar-refractivity contribution is 0.202. The van der Waals surface area contributed by atoms with Gasteiger partial charge >= 0.3 is 0 Å². The molecule has 2 aliphatic rings. The Morgan fingerprint density at radius 3 is 1.58 bits per heavy atom. The lowest BCUT2D eigenvalue weighted by Crippen LogP contribution is -2.33. The summed E-state index contributed by atoms with van der Waals surface area (Å²) in [6.07, 6.45) is 10.7. The molecule has 0 atom stereocenters. The maximum Gasteiger partial charge on any atom is 0.161 e. The van der Waals surface area contributed by atoms with E-state index >= 15 is 0 Å². The second kappa shape index (κ2) is 15.6. The summed E-state index contributed by atoms with van der Waals surface area (Å²) in [6, 6.07) is 36.0. The topological polar surface area (TPSA) is 24.9 Å². The molecule has 4 nitrogen and oxygen atoms in total. The van der Waals surface area contributed by atoms with Crippen LogP contribution in [0.15, 0.2) is 157 Å². The van der Waals surface area contributed by atoms with Crippen LogP contribution in [0, 0.1) is 0 Å². The first-order chi connectivity index (χ1) is 24.2. The Kier molecular flexibility index (Phi) is 10.8. The fraction of sp³-hybridized carbons (Fsp3) is 0.261. The third-order valence-corrected chi connectivity index (χ3v) is 9.88. The number of nitrogens with zero attached hydrogens (tertiary/aromatic N) is 2. The zero-order chi connectivity index (χ0) is 35.1. The molecule has 0 spiro atoms. The maximum atomic E-state index is 6.03. The highest BCUT2D eigenvalue weighted by Gasteiger charge is 2.23.